The van der Waals surface area contributed by atoms with E-state index in [1.807, 2.05) is 30.5 Å². The second kappa shape index (κ2) is 14.2. The van der Waals surface area contributed by atoms with E-state index in [0.717, 1.165) is 82.2 Å². The number of piperazine rings is 1. The van der Waals surface area contributed by atoms with Crippen molar-refractivity contribution >= 4 is 11.6 Å². The first kappa shape index (κ1) is 30.8. The predicted molar refractivity (Wildman–Crippen MR) is 161 cm³/mol. The standard InChI is InChI=1S/C33H40F3N5O2/c1-43-31-7-3-2-6-30(31)41-19-17-40(18-20-41)29-14-16-39(23-26-5-4-15-37-21-26)24-27(29)10-13-32(42)38-22-25-8-11-28(12-9-25)33(34,35)36/h2-9,11-12,15,21,27,29H,10,13-14,16-20,22-24H2,1H3,(H,38,42)/t27-,29+/m0/s1. The van der Waals surface area contributed by atoms with Gasteiger partial charge in [0.15, 0.2) is 0 Å². The van der Waals surface area contributed by atoms with Crippen LogP contribution in [0, 0.1) is 5.92 Å². The number of piperidine rings is 1. The number of methoxy groups -OCH3 is 1. The fourth-order valence-electron chi connectivity index (χ4n) is 6.36. The van der Waals surface area contributed by atoms with Gasteiger partial charge in [0, 0.05) is 70.7 Å². The highest BCUT2D eigenvalue weighted by atomic mass is 19.4. The van der Waals surface area contributed by atoms with Crippen LogP contribution in [-0.2, 0) is 24.1 Å². The summed E-state index contributed by atoms with van der Waals surface area (Å²) in [6.07, 6.45) is 1.49. The molecule has 1 amide bonds. The molecule has 0 spiro atoms. The lowest BCUT2D eigenvalue weighted by Crippen LogP contribution is -2.56. The van der Waals surface area contributed by atoms with Gasteiger partial charge in [0.1, 0.15) is 5.75 Å². The van der Waals surface area contributed by atoms with Gasteiger partial charge in [-0.3, -0.25) is 19.6 Å². The van der Waals surface area contributed by atoms with Crippen molar-refractivity contribution in [3.8, 4) is 5.75 Å². The summed E-state index contributed by atoms with van der Waals surface area (Å²) in [6, 6.07) is 17.5. The first-order valence-corrected chi connectivity index (χ1v) is 15.0. The summed E-state index contributed by atoms with van der Waals surface area (Å²) in [4.78, 5) is 24.6. The molecule has 2 aliphatic heterocycles. The number of anilines is 1. The maximum absolute atomic E-state index is 12.9. The molecule has 10 heteroatoms. The zero-order valence-electron chi connectivity index (χ0n) is 24.6. The Balaban J connectivity index is 1.18. The Morgan fingerprint density at radius 1 is 0.977 bits per heavy atom. The molecule has 2 aromatic carbocycles. The third kappa shape index (κ3) is 8.26. The van der Waals surface area contributed by atoms with Crippen LogP contribution in [-0.4, -0.2) is 73.1 Å². The second-order valence-corrected chi connectivity index (χ2v) is 11.4. The molecule has 0 bridgehead atoms. The monoisotopic (exact) mass is 595 g/mol. The number of carbonyl (C=O) groups is 1. The average Bonchev–Trinajstić information content (AvgIpc) is 3.03. The molecule has 0 radical (unpaired) electrons. The Morgan fingerprint density at radius 2 is 1.74 bits per heavy atom. The number of aromatic nitrogens is 1. The maximum atomic E-state index is 12.9. The number of amides is 1. The number of benzene rings is 2. The Bertz CT molecular complexity index is 1310. The largest absolute Gasteiger partial charge is 0.495 e. The maximum Gasteiger partial charge on any atom is 0.416 e. The number of likely N-dealkylation sites (tertiary alicyclic amines) is 1. The van der Waals surface area contributed by atoms with E-state index in [1.54, 1.807) is 13.3 Å². The molecule has 1 aromatic heterocycles. The molecule has 43 heavy (non-hydrogen) atoms. The third-order valence-electron chi connectivity index (χ3n) is 8.63. The SMILES string of the molecule is COc1ccccc1N1CCN([C@@H]2CCN(Cc3cccnc3)C[C@@H]2CCC(=O)NCc2ccc(C(F)(F)F)cc2)CC1. The normalized spacial score (nSPS) is 20.1. The minimum Gasteiger partial charge on any atom is -0.495 e. The first-order valence-electron chi connectivity index (χ1n) is 15.0. The summed E-state index contributed by atoms with van der Waals surface area (Å²) in [5.74, 6) is 1.13. The molecule has 3 aromatic rings. The highest BCUT2D eigenvalue weighted by Gasteiger charge is 2.35. The summed E-state index contributed by atoms with van der Waals surface area (Å²) in [6.45, 7) is 6.65. The highest BCUT2D eigenvalue weighted by molar-refractivity contribution is 5.75. The fourth-order valence-corrected chi connectivity index (χ4v) is 6.36. The molecule has 7 nitrogen and oxygen atoms in total. The van der Waals surface area contributed by atoms with Crippen LogP contribution in [0.1, 0.15) is 36.0 Å². The lowest BCUT2D eigenvalue weighted by Gasteiger charge is -2.47. The molecular formula is C33H40F3N5O2. The number of alkyl halides is 3. The Morgan fingerprint density at radius 3 is 2.44 bits per heavy atom. The predicted octanol–water partition coefficient (Wildman–Crippen LogP) is 5.22. The van der Waals surface area contributed by atoms with E-state index in [1.165, 1.54) is 17.7 Å². The Hall–Kier alpha value is -3.63. The zero-order chi connectivity index (χ0) is 30.2. The van der Waals surface area contributed by atoms with Crippen LogP contribution in [0.3, 0.4) is 0 Å². The number of para-hydroxylation sites is 2. The van der Waals surface area contributed by atoms with Crippen LogP contribution in [0.2, 0.25) is 0 Å². The Kier molecular flexibility index (Phi) is 10.2. The molecule has 230 valence electrons. The lowest BCUT2D eigenvalue weighted by atomic mass is 9.86. The molecule has 0 saturated carbocycles. The van der Waals surface area contributed by atoms with Crippen molar-refractivity contribution < 1.29 is 22.7 Å². The number of hydrogen-bond acceptors (Lipinski definition) is 6. The molecule has 0 unspecified atom stereocenters. The van der Waals surface area contributed by atoms with Gasteiger partial charge in [-0.25, -0.2) is 0 Å². The van der Waals surface area contributed by atoms with E-state index in [4.69, 9.17) is 4.74 Å². The van der Waals surface area contributed by atoms with Crippen LogP contribution in [0.15, 0.2) is 73.1 Å². The molecule has 0 aliphatic carbocycles. The number of halogens is 3. The number of hydrogen-bond donors (Lipinski definition) is 1. The second-order valence-electron chi connectivity index (χ2n) is 11.4. The number of rotatable bonds is 10. The van der Waals surface area contributed by atoms with E-state index in [-0.39, 0.29) is 12.5 Å². The summed E-state index contributed by atoms with van der Waals surface area (Å²) in [5, 5.41) is 2.90. The highest BCUT2D eigenvalue weighted by Crippen LogP contribution is 2.32. The minimum absolute atomic E-state index is 0.0796. The van der Waals surface area contributed by atoms with Gasteiger partial charge in [-0.15, -0.1) is 0 Å². The van der Waals surface area contributed by atoms with Gasteiger partial charge < -0.3 is 15.0 Å². The van der Waals surface area contributed by atoms with Crippen molar-refractivity contribution in [2.45, 2.75) is 44.6 Å². The van der Waals surface area contributed by atoms with Crippen molar-refractivity contribution in [3.05, 3.63) is 89.7 Å². The molecule has 2 fully saturated rings. The van der Waals surface area contributed by atoms with Crippen LogP contribution in [0.4, 0.5) is 18.9 Å². The van der Waals surface area contributed by atoms with Gasteiger partial charge in [0.05, 0.1) is 18.4 Å². The topological polar surface area (TPSA) is 60.9 Å². The van der Waals surface area contributed by atoms with Crippen molar-refractivity contribution in [2.24, 2.45) is 5.92 Å². The smallest absolute Gasteiger partial charge is 0.416 e. The van der Waals surface area contributed by atoms with Gasteiger partial charge in [0.2, 0.25) is 5.91 Å². The van der Waals surface area contributed by atoms with Crippen molar-refractivity contribution in [3.63, 3.8) is 0 Å². The van der Waals surface area contributed by atoms with E-state index < -0.39 is 11.7 Å². The summed E-state index contributed by atoms with van der Waals surface area (Å²) in [7, 11) is 1.71. The quantitative estimate of drug-likeness (QED) is 0.347. The minimum atomic E-state index is -4.37. The number of nitrogens with one attached hydrogen (secondary N) is 1. The van der Waals surface area contributed by atoms with Gasteiger partial charge in [-0.2, -0.15) is 13.2 Å². The summed E-state index contributed by atoms with van der Waals surface area (Å²) < 4.78 is 44.2. The molecule has 3 heterocycles. The van der Waals surface area contributed by atoms with E-state index in [9.17, 15) is 18.0 Å². The van der Waals surface area contributed by atoms with E-state index >= 15 is 0 Å². The Labute approximate surface area is 251 Å². The fraction of sp³-hybridized carbons (Fsp3) is 0.455. The van der Waals surface area contributed by atoms with Crippen LogP contribution >= 0.6 is 0 Å². The molecular weight excluding hydrogens is 555 g/mol. The van der Waals surface area contributed by atoms with Crippen LogP contribution in [0.25, 0.3) is 0 Å². The van der Waals surface area contributed by atoms with E-state index in [2.05, 4.69) is 37.1 Å². The van der Waals surface area contributed by atoms with Crippen molar-refractivity contribution in [1.82, 2.24) is 20.1 Å². The number of ether oxygens (including phenoxy) is 1. The van der Waals surface area contributed by atoms with Crippen LogP contribution in [0.5, 0.6) is 5.75 Å². The van der Waals surface area contributed by atoms with Gasteiger partial charge in [-0.1, -0.05) is 30.3 Å². The van der Waals surface area contributed by atoms with Crippen LogP contribution < -0.4 is 15.0 Å². The summed E-state index contributed by atoms with van der Waals surface area (Å²) >= 11 is 0. The number of carbonyl (C=O) groups excluding carboxylic acids is 1. The third-order valence-corrected chi connectivity index (χ3v) is 8.63. The average molecular weight is 596 g/mol. The summed E-state index contributed by atoms with van der Waals surface area (Å²) in [5.41, 5.74) is 2.26. The molecule has 2 saturated heterocycles. The zero-order valence-corrected chi connectivity index (χ0v) is 24.6. The number of nitrogens with zero attached hydrogens (tertiary/aromatic N) is 4. The number of pyridine rings is 1. The first-order chi connectivity index (χ1) is 20.8. The molecule has 2 aliphatic rings. The van der Waals surface area contributed by atoms with Gasteiger partial charge in [0.25, 0.3) is 0 Å². The van der Waals surface area contributed by atoms with Gasteiger partial charge >= 0.3 is 6.18 Å². The van der Waals surface area contributed by atoms with E-state index in [0.29, 0.717) is 23.9 Å². The molecule has 5 rings (SSSR count). The van der Waals surface area contributed by atoms with Gasteiger partial charge in [-0.05, 0) is 66.8 Å². The van der Waals surface area contributed by atoms with Crippen molar-refractivity contribution in [1.29, 1.82) is 0 Å². The van der Waals surface area contributed by atoms with Crippen molar-refractivity contribution in [2.75, 3.05) is 51.3 Å². The molecule has 2 atom stereocenters. The molecule has 1 N–H and O–H groups in total. The lowest BCUT2D eigenvalue weighted by molar-refractivity contribution is -0.137.